The molecule has 0 saturated heterocycles. The first-order chi connectivity index (χ1) is 33.0. The van der Waals surface area contributed by atoms with Gasteiger partial charge in [-0.2, -0.15) is 0 Å². The smallest absolute Gasteiger partial charge is 0.306 e. The van der Waals surface area contributed by atoms with Gasteiger partial charge in [-0.3, -0.25) is 14.4 Å². The Kier molecular flexibility index (Phi) is 51.9. The Morgan fingerprint density at radius 2 is 0.552 bits per heavy atom. The van der Waals surface area contributed by atoms with E-state index in [2.05, 4.69) is 118 Å². The van der Waals surface area contributed by atoms with E-state index in [-0.39, 0.29) is 44.0 Å². The van der Waals surface area contributed by atoms with Crippen LogP contribution in [0.1, 0.15) is 252 Å². The van der Waals surface area contributed by atoms with Crippen molar-refractivity contribution in [3.63, 3.8) is 0 Å². The maximum absolute atomic E-state index is 12.8. The van der Waals surface area contributed by atoms with E-state index in [0.29, 0.717) is 19.3 Å². The molecule has 0 saturated carbocycles. The van der Waals surface area contributed by atoms with Crippen LogP contribution in [0.4, 0.5) is 0 Å². The second-order valence-corrected chi connectivity index (χ2v) is 18.1. The summed E-state index contributed by atoms with van der Waals surface area (Å²) < 4.78 is 16.7. The Morgan fingerprint density at radius 1 is 0.299 bits per heavy atom. The van der Waals surface area contributed by atoms with Gasteiger partial charge in [-0.25, -0.2) is 0 Å². The first-order valence-corrected chi connectivity index (χ1v) is 27.7. The molecule has 0 spiro atoms. The van der Waals surface area contributed by atoms with Gasteiger partial charge in [0.15, 0.2) is 6.10 Å². The second-order valence-electron chi connectivity index (χ2n) is 18.1. The lowest BCUT2D eigenvalue weighted by Gasteiger charge is -2.18. The first-order valence-electron chi connectivity index (χ1n) is 27.7. The summed E-state index contributed by atoms with van der Waals surface area (Å²) in [6, 6.07) is 0. The predicted octanol–water partition coefficient (Wildman–Crippen LogP) is 18.5. The van der Waals surface area contributed by atoms with Crippen LogP contribution in [0.5, 0.6) is 0 Å². The third kappa shape index (κ3) is 53.2. The quantitative estimate of drug-likeness (QED) is 0.0262. The molecule has 0 amide bonds. The van der Waals surface area contributed by atoms with Gasteiger partial charge in [-0.05, 0) is 96.3 Å². The first kappa shape index (κ1) is 63.3. The van der Waals surface area contributed by atoms with Crippen molar-refractivity contribution < 1.29 is 28.6 Å². The minimum absolute atomic E-state index is 0.115. The van der Waals surface area contributed by atoms with Gasteiger partial charge in [0.1, 0.15) is 13.2 Å². The van der Waals surface area contributed by atoms with Gasteiger partial charge in [0.05, 0.1) is 0 Å². The summed E-state index contributed by atoms with van der Waals surface area (Å²) in [5.41, 5.74) is 0. The Morgan fingerprint density at radius 3 is 0.896 bits per heavy atom. The Bertz CT molecular complexity index is 1350. The molecule has 0 N–H and O–H groups in total. The van der Waals surface area contributed by atoms with Gasteiger partial charge >= 0.3 is 17.9 Å². The highest BCUT2D eigenvalue weighted by Crippen LogP contribution is 2.15. The number of hydrogen-bond acceptors (Lipinski definition) is 6. The fourth-order valence-corrected chi connectivity index (χ4v) is 7.37. The Labute approximate surface area is 413 Å². The lowest BCUT2D eigenvalue weighted by molar-refractivity contribution is -0.167. The van der Waals surface area contributed by atoms with Crippen LogP contribution < -0.4 is 0 Å². The fraction of sp³-hybridized carbons (Fsp3) is 0.689. The minimum atomic E-state index is -0.827. The Balaban J connectivity index is 4.56. The molecule has 0 bridgehead atoms. The number of carbonyl (C=O) groups is 3. The van der Waals surface area contributed by atoms with Crippen LogP contribution in [0, 0.1) is 0 Å². The number of unbranched alkanes of at least 4 members (excludes halogenated alkanes) is 22. The molecular weight excluding hydrogens is 829 g/mol. The van der Waals surface area contributed by atoms with Crippen molar-refractivity contribution in [1.82, 2.24) is 0 Å². The van der Waals surface area contributed by atoms with E-state index in [1.54, 1.807) is 0 Å². The molecule has 0 aromatic heterocycles. The van der Waals surface area contributed by atoms with E-state index in [0.717, 1.165) is 70.6 Å². The molecule has 67 heavy (non-hydrogen) atoms. The third-order valence-corrected chi connectivity index (χ3v) is 11.6. The molecule has 6 nitrogen and oxygen atoms in total. The van der Waals surface area contributed by atoms with Crippen LogP contribution in [0.3, 0.4) is 0 Å². The Hall–Kier alpha value is -3.67. The molecule has 0 aliphatic rings. The molecule has 0 radical (unpaired) electrons. The summed E-state index contributed by atoms with van der Waals surface area (Å²) in [6.07, 6.45) is 72.6. The maximum atomic E-state index is 12.8. The van der Waals surface area contributed by atoms with Crippen LogP contribution in [0.2, 0.25) is 0 Å². The van der Waals surface area contributed by atoms with Gasteiger partial charge in [-0.1, -0.05) is 234 Å². The summed E-state index contributed by atoms with van der Waals surface area (Å²) in [5.74, 6) is -1.03. The fourth-order valence-electron chi connectivity index (χ4n) is 7.37. The topological polar surface area (TPSA) is 78.9 Å². The highest BCUT2D eigenvalue weighted by molar-refractivity contribution is 5.71. The molecule has 0 fully saturated rings. The average Bonchev–Trinajstić information content (AvgIpc) is 3.33. The zero-order valence-corrected chi connectivity index (χ0v) is 43.6. The van der Waals surface area contributed by atoms with Gasteiger partial charge in [0, 0.05) is 19.3 Å². The zero-order valence-electron chi connectivity index (χ0n) is 43.6. The zero-order chi connectivity index (χ0) is 48.6. The van der Waals surface area contributed by atoms with Gasteiger partial charge in [-0.15, -0.1) is 0 Å². The van der Waals surface area contributed by atoms with Crippen molar-refractivity contribution in [2.75, 3.05) is 13.2 Å². The van der Waals surface area contributed by atoms with E-state index >= 15 is 0 Å². The number of carbonyl (C=O) groups excluding carboxylic acids is 3. The molecule has 1 atom stereocenters. The van der Waals surface area contributed by atoms with E-state index in [9.17, 15) is 14.4 Å². The molecule has 6 heteroatoms. The summed E-state index contributed by atoms with van der Waals surface area (Å²) in [6.45, 7) is 6.49. The van der Waals surface area contributed by atoms with Crippen molar-refractivity contribution in [1.29, 1.82) is 0 Å². The summed E-state index contributed by atoms with van der Waals surface area (Å²) in [4.78, 5) is 38.1. The van der Waals surface area contributed by atoms with E-state index in [1.165, 1.54) is 128 Å². The van der Waals surface area contributed by atoms with Crippen LogP contribution in [-0.2, 0) is 28.6 Å². The van der Waals surface area contributed by atoms with Gasteiger partial charge in [0.25, 0.3) is 0 Å². The molecule has 0 aliphatic heterocycles. The SMILES string of the molecule is CCCCC/C=C\C/C=C\C/C=C\C/C=C\CCCC(=O)OCC(COC(=O)CCCCCCCCCCCCCCCCC)OC(=O)CCC/C=C\C/C=C\C/C=C\C/C=C\CCCCC. The maximum Gasteiger partial charge on any atom is 0.306 e. The number of rotatable bonds is 49. The highest BCUT2D eigenvalue weighted by Gasteiger charge is 2.19. The van der Waals surface area contributed by atoms with Gasteiger partial charge < -0.3 is 14.2 Å². The number of esters is 3. The molecule has 1 unspecified atom stereocenters. The number of allylic oxidation sites excluding steroid dienone is 16. The average molecular weight is 931 g/mol. The standard InChI is InChI=1S/C61H102O6/c1-4-7-10-13-16-19-22-25-28-30-33-36-39-42-45-48-51-54-60(63)66-57-58(56-65-59(62)53-50-47-44-41-38-35-32-27-24-21-18-15-12-9-6-3)67-61(64)55-52-49-46-43-40-37-34-31-29-26-23-20-17-14-11-8-5-2/h16-17,19-20,25-26,28-29,33-34,36-37,42-43,45-46,58H,4-15,18,21-24,27,30-32,35,38-41,44,47-57H2,1-3H3/b19-16-,20-17-,28-25-,29-26-,36-33-,37-34-,45-42-,46-43-. The van der Waals surface area contributed by atoms with Crippen LogP contribution >= 0.6 is 0 Å². The van der Waals surface area contributed by atoms with E-state index < -0.39 is 6.10 Å². The molecule has 0 aromatic rings. The summed E-state index contributed by atoms with van der Waals surface area (Å²) >= 11 is 0. The van der Waals surface area contributed by atoms with E-state index in [1.807, 2.05) is 0 Å². The molecule has 0 aliphatic carbocycles. The van der Waals surface area contributed by atoms with Crippen LogP contribution in [0.15, 0.2) is 97.2 Å². The van der Waals surface area contributed by atoms with Crippen molar-refractivity contribution in [2.45, 2.75) is 258 Å². The highest BCUT2D eigenvalue weighted by atomic mass is 16.6. The van der Waals surface area contributed by atoms with Gasteiger partial charge in [0.2, 0.25) is 0 Å². The van der Waals surface area contributed by atoms with Crippen molar-refractivity contribution in [3.05, 3.63) is 97.2 Å². The third-order valence-electron chi connectivity index (χ3n) is 11.6. The predicted molar refractivity (Wildman–Crippen MR) is 288 cm³/mol. The molecule has 0 rings (SSSR count). The van der Waals surface area contributed by atoms with Crippen LogP contribution in [-0.4, -0.2) is 37.2 Å². The molecule has 0 aromatic carbocycles. The van der Waals surface area contributed by atoms with E-state index in [4.69, 9.17) is 14.2 Å². The van der Waals surface area contributed by atoms with Crippen LogP contribution in [0.25, 0.3) is 0 Å². The number of ether oxygens (including phenoxy) is 3. The summed E-state index contributed by atoms with van der Waals surface area (Å²) in [5, 5.41) is 0. The minimum Gasteiger partial charge on any atom is -0.462 e. The molecular formula is C61H102O6. The lowest BCUT2D eigenvalue weighted by Crippen LogP contribution is -2.30. The largest absolute Gasteiger partial charge is 0.462 e. The normalized spacial score (nSPS) is 12.8. The number of hydrogen-bond donors (Lipinski definition) is 0. The molecule has 0 heterocycles. The van der Waals surface area contributed by atoms with Crippen molar-refractivity contribution in [2.24, 2.45) is 0 Å². The summed E-state index contributed by atoms with van der Waals surface area (Å²) in [7, 11) is 0. The second kappa shape index (κ2) is 54.9. The molecule has 382 valence electrons. The lowest BCUT2D eigenvalue weighted by atomic mass is 10.0. The van der Waals surface area contributed by atoms with Crippen molar-refractivity contribution in [3.8, 4) is 0 Å². The van der Waals surface area contributed by atoms with Crippen molar-refractivity contribution >= 4 is 17.9 Å². The monoisotopic (exact) mass is 931 g/mol.